The van der Waals surface area contributed by atoms with E-state index in [9.17, 15) is 4.79 Å². The second-order valence-electron chi connectivity index (χ2n) is 4.37. The van der Waals surface area contributed by atoms with Crippen LogP contribution in [-0.2, 0) is 6.54 Å². The zero-order chi connectivity index (χ0) is 14.7. The Balaban J connectivity index is 1.69. The fourth-order valence-electron chi connectivity index (χ4n) is 2.02. The second-order valence-corrected chi connectivity index (χ2v) is 4.37. The van der Waals surface area contributed by atoms with Crippen molar-refractivity contribution in [1.82, 2.24) is 9.55 Å². The molecule has 0 atom stereocenters. The lowest BCUT2D eigenvalue weighted by molar-refractivity contribution is 0.293. The first-order valence-corrected chi connectivity index (χ1v) is 6.49. The zero-order valence-electron chi connectivity index (χ0n) is 11.5. The van der Waals surface area contributed by atoms with Crippen molar-refractivity contribution in [3.05, 3.63) is 53.1 Å². The molecule has 1 aromatic carbocycles. The summed E-state index contributed by atoms with van der Waals surface area (Å²) in [6.45, 7) is 0.715. The van der Waals surface area contributed by atoms with Gasteiger partial charge in [0.15, 0.2) is 11.2 Å². The first kappa shape index (κ1) is 13.2. The molecule has 0 amide bonds. The maximum Gasteiger partial charge on any atom is 0.421 e. The first-order valence-electron chi connectivity index (χ1n) is 6.49. The summed E-state index contributed by atoms with van der Waals surface area (Å²) in [6, 6.07) is 10.7. The quantitative estimate of drug-likeness (QED) is 0.718. The lowest BCUT2D eigenvalue weighted by Crippen LogP contribution is -2.19. The van der Waals surface area contributed by atoms with E-state index in [0.717, 1.165) is 5.75 Å². The molecule has 3 aromatic rings. The Morgan fingerprint density at radius 1 is 1.19 bits per heavy atom. The van der Waals surface area contributed by atoms with E-state index in [2.05, 4.69) is 4.98 Å². The summed E-state index contributed by atoms with van der Waals surface area (Å²) in [7, 11) is 1.61. The molecular weight excluding hydrogens is 272 g/mol. The van der Waals surface area contributed by atoms with Gasteiger partial charge < -0.3 is 13.9 Å². The summed E-state index contributed by atoms with van der Waals surface area (Å²) in [5, 5.41) is 0. The van der Waals surface area contributed by atoms with Gasteiger partial charge in [-0.15, -0.1) is 0 Å². The van der Waals surface area contributed by atoms with Crippen molar-refractivity contribution in [2.75, 3.05) is 13.7 Å². The molecule has 0 radical (unpaired) electrons. The van der Waals surface area contributed by atoms with Crippen molar-refractivity contribution in [3.63, 3.8) is 0 Å². The van der Waals surface area contributed by atoms with Crippen molar-refractivity contribution in [2.24, 2.45) is 0 Å². The minimum atomic E-state index is -0.429. The molecule has 2 heterocycles. The number of rotatable bonds is 5. The average Bonchev–Trinajstić information content (AvgIpc) is 2.84. The highest BCUT2D eigenvalue weighted by Crippen LogP contribution is 2.17. The molecule has 0 aliphatic carbocycles. The van der Waals surface area contributed by atoms with Gasteiger partial charge in [-0.05, 0) is 36.4 Å². The number of methoxy groups -OCH3 is 1. The molecule has 0 aliphatic rings. The number of hydrogen-bond acceptors (Lipinski definition) is 5. The Bertz CT molecular complexity index is 789. The molecule has 21 heavy (non-hydrogen) atoms. The van der Waals surface area contributed by atoms with Crippen LogP contribution in [0.3, 0.4) is 0 Å². The van der Waals surface area contributed by atoms with Gasteiger partial charge in [-0.2, -0.15) is 0 Å². The number of nitrogens with zero attached hydrogens (tertiary/aromatic N) is 2. The Hall–Kier alpha value is -2.76. The molecular formula is C15H14N2O4. The highest BCUT2D eigenvalue weighted by atomic mass is 16.5. The van der Waals surface area contributed by atoms with E-state index in [1.807, 2.05) is 24.3 Å². The van der Waals surface area contributed by atoms with Gasteiger partial charge >= 0.3 is 5.76 Å². The van der Waals surface area contributed by atoms with Crippen LogP contribution >= 0.6 is 0 Å². The Kier molecular flexibility index (Phi) is 3.59. The fraction of sp³-hybridized carbons (Fsp3) is 0.200. The lowest BCUT2D eigenvalue weighted by Gasteiger charge is -2.07. The number of aromatic nitrogens is 2. The lowest BCUT2D eigenvalue weighted by atomic mass is 10.3. The smallest absolute Gasteiger partial charge is 0.421 e. The van der Waals surface area contributed by atoms with Gasteiger partial charge in [0.05, 0.1) is 13.7 Å². The average molecular weight is 286 g/mol. The van der Waals surface area contributed by atoms with Crippen LogP contribution in [0, 0.1) is 0 Å². The molecule has 2 aromatic heterocycles. The van der Waals surface area contributed by atoms with E-state index >= 15 is 0 Å². The summed E-state index contributed by atoms with van der Waals surface area (Å²) in [5.74, 6) is 1.05. The van der Waals surface area contributed by atoms with Crippen molar-refractivity contribution < 1.29 is 13.9 Å². The highest BCUT2D eigenvalue weighted by Gasteiger charge is 2.09. The van der Waals surface area contributed by atoms with Gasteiger partial charge in [-0.3, -0.25) is 4.57 Å². The molecule has 0 unspecified atom stereocenters. The van der Waals surface area contributed by atoms with E-state index in [4.69, 9.17) is 13.9 Å². The molecule has 0 saturated heterocycles. The maximum absolute atomic E-state index is 11.7. The Morgan fingerprint density at radius 2 is 1.95 bits per heavy atom. The van der Waals surface area contributed by atoms with Crippen LogP contribution in [0.2, 0.25) is 0 Å². The largest absolute Gasteiger partial charge is 0.497 e. The zero-order valence-corrected chi connectivity index (χ0v) is 11.5. The van der Waals surface area contributed by atoms with E-state index in [-0.39, 0.29) is 0 Å². The molecule has 0 spiro atoms. The Labute approximate surface area is 120 Å². The van der Waals surface area contributed by atoms with Crippen LogP contribution in [0.5, 0.6) is 11.5 Å². The standard InChI is InChI=1S/C15H14N2O4/c1-19-11-4-6-12(7-5-11)20-10-9-17-14-13(21-15(17)18)3-2-8-16-14/h2-8H,9-10H2,1H3. The van der Waals surface area contributed by atoms with Gasteiger partial charge in [0.1, 0.15) is 18.1 Å². The predicted molar refractivity (Wildman–Crippen MR) is 76.8 cm³/mol. The minimum Gasteiger partial charge on any atom is -0.497 e. The van der Waals surface area contributed by atoms with Gasteiger partial charge in [0.25, 0.3) is 0 Å². The van der Waals surface area contributed by atoms with Crippen molar-refractivity contribution in [3.8, 4) is 11.5 Å². The normalized spacial score (nSPS) is 10.7. The van der Waals surface area contributed by atoms with Gasteiger partial charge in [0, 0.05) is 6.20 Å². The molecule has 6 nitrogen and oxygen atoms in total. The Morgan fingerprint density at radius 3 is 2.71 bits per heavy atom. The van der Waals surface area contributed by atoms with Crippen LogP contribution in [-0.4, -0.2) is 23.3 Å². The maximum atomic E-state index is 11.7. The van der Waals surface area contributed by atoms with E-state index in [0.29, 0.717) is 30.1 Å². The number of benzene rings is 1. The van der Waals surface area contributed by atoms with Crippen molar-refractivity contribution >= 4 is 11.2 Å². The monoisotopic (exact) mass is 286 g/mol. The summed E-state index contributed by atoms with van der Waals surface area (Å²) in [6.07, 6.45) is 1.62. The van der Waals surface area contributed by atoms with Crippen LogP contribution in [0.15, 0.2) is 51.8 Å². The second kappa shape index (κ2) is 5.70. The van der Waals surface area contributed by atoms with Crippen LogP contribution in [0.25, 0.3) is 11.2 Å². The van der Waals surface area contributed by atoms with E-state index < -0.39 is 5.76 Å². The highest BCUT2D eigenvalue weighted by molar-refractivity contribution is 5.67. The topological polar surface area (TPSA) is 66.5 Å². The summed E-state index contributed by atoms with van der Waals surface area (Å²) < 4.78 is 17.2. The van der Waals surface area contributed by atoms with E-state index in [1.54, 1.807) is 25.4 Å². The van der Waals surface area contributed by atoms with Gasteiger partial charge in [-0.1, -0.05) is 0 Å². The van der Waals surface area contributed by atoms with Crippen LogP contribution < -0.4 is 15.2 Å². The summed E-state index contributed by atoms with van der Waals surface area (Å²) in [5.41, 5.74) is 1.01. The number of ether oxygens (including phenoxy) is 2. The first-order chi connectivity index (χ1) is 10.3. The summed E-state index contributed by atoms with van der Waals surface area (Å²) >= 11 is 0. The SMILES string of the molecule is COc1ccc(OCCn2c(=O)oc3cccnc32)cc1. The predicted octanol–water partition coefficient (Wildman–Crippen LogP) is 2.08. The molecule has 0 fully saturated rings. The van der Waals surface area contributed by atoms with Crippen LogP contribution in [0.1, 0.15) is 0 Å². The number of oxazole rings is 1. The molecule has 3 rings (SSSR count). The summed E-state index contributed by atoms with van der Waals surface area (Å²) in [4.78, 5) is 15.9. The number of hydrogen-bond donors (Lipinski definition) is 0. The van der Waals surface area contributed by atoms with Gasteiger partial charge in [-0.25, -0.2) is 9.78 Å². The number of fused-ring (bicyclic) bond motifs is 1. The fourth-order valence-corrected chi connectivity index (χ4v) is 2.02. The molecule has 0 N–H and O–H groups in total. The van der Waals surface area contributed by atoms with E-state index in [1.165, 1.54) is 4.57 Å². The third-order valence-electron chi connectivity index (χ3n) is 3.07. The molecule has 6 heteroatoms. The van der Waals surface area contributed by atoms with Gasteiger partial charge in [0.2, 0.25) is 0 Å². The molecule has 0 saturated carbocycles. The van der Waals surface area contributed by atoms with Crippen molar-refractivity contribution in [2.45, 2.75) is 6.54 Å². The minimum absolute atomic E-state index is 0.345. The molecule has 0 bridgehead atoms. The third kappa shape index (κ3) is 2.74. The number of pyridine rings is 1. The third-order valence-corrected chi connectivity index (χ3v) is 3.07. The molecule has 108 valence electrons. The van der Waals surface area contributed by atoms with Crippen LogP contribution in [0.4, 0.5) is 0 Å². The van der Waals surface area contributed by atoms with Crippen molar-refractivity contribution in [1.29, 1.82) is 0 Å². The molecule has 0 aliphatic heterocycles.